The predicted molar refractivity (Wildman–Crippen MR) is 70.1 cm³/mol. The molecule has 1 atom stereocenters. The average Bonchev–Trinajstić information content (AvgIpc) is 2.31. The summed E-state index contributed by atoms with van der Waals surface area (Å²) >= 11 is 0. The molecular weight excluding hydrogens is 250 g/mol. The topological polar surface area (TPSA) is 111 Å². The molecule has 4 N–H and O–H groups in total. The molecule has 3 amide bonds. The summed E-state index contributed by atoms with van der Waals surface area (Å²) in [6.45, 7) is 7.02. The highest BCUT2D eigenvalue weighted by Gasteiger charge is 2.22. The van der Waals surface area contributed by atoms with E-state index in [-0.39, 0.29) is 19.1 Å². The van der Waals surface area contributed by atoms with Gasteiger partial charge in [0.1, 0.15) is 12.6 Å². The van der Waals surface area contributed by atoms with Crippen LogP contribution in [0.4, 0.5) is 4.79 Å². The van der Waals surface area contributed by atoms with Crippen molar-refractivity contribution in [1.82, 2.24) is 10.6 Å². The Hall–Kier alpha value is -2.05. The Bertz CT molecular complexity index is 342. The first-order valence-electron chi connectivity index (χ1n) is 5.97. The summed E-state index contributed by atoms with van der Waals surface area (Å²) in [5.74, 6) is -0.932. The van der Waals surface area contributed by atoms with Crippen LogP contribution in [0.15, 0.2) is 12.7 Å². The molecule has 108 valence electrons. The largest absolute Gasteiger partial charge is 0.445 e. The molecule has 0 aliphatic heterocycles. The molecule has 0 saturated heterocycles. The number of nitrogens with one attached hydrogen (secondary N) is 2. The predicted octanol–water partition coefficient (Wildman–Crippen LogP) is -0.0852. The van der Waals surface area contributed by atoms with Crippen LogP contribution in [0.25, 0.3) is 0 Å². The van der Waals surface area contributed by atoms with Gasteiger partial charge in [-0.1, -0.05) is 26.5 Å². The van der Waals surface area contributed by atoms with Gasteiger partial charge in [-0.3, -0.25) is 9.59 Å². The van der Waals surface area contributed by atoms with Gasteiger partial charge in [0, 0.05) is 0 Å². The first kappa shape index (κ1) is 16.9. The summed E-state index contributed by atoms with van der Waals surface area (Å²) in [6, 6.07) is -0.767. The molecule has 0 aromatic carbocycles. The van der Waals surface area contributed by atoms with E-state index in [0.717, 1.165) is 0 Å². The second-order valence-corrected chi connectivity index (χ2v) is 4.40. The van der Waals surface area contributed by atoms with Crippen molar-refractivity contribution in [3.63, 3.8) is 0 Å². The van der Waals surface area contributed by atoms with Crippen LogP contribution in [0.3, 0.4) is 0 Å². The molecule has 0 rings (SSSR count). The number of alkyl carbamates (subject to hydrolysis) is 1. The number of nitrogens with two attached hydrogens (primary N) is 1. The number of ether oxygens (including phenoxy) is 1. The number of hydrogen-bond donors (Lipinski definition) is 3. The fourth-order valence-electron chi connectivity index (χ4n) is 1.32. The minimum atomic E-state index is -0.767. The van der Waals surface area contributed by atoms with E-state index in [4.69, 9.17) is 10.5 Å². The van der Waals surface area contributed by atoms with Gasteiger partial charge in [-0.05, 0) is 12.3 Å². The highest BCUT2D eigenvalue weighted by atomic mass is 16.5. The van der Waals surface area contributed by atoms with Crippen molar-refractivity contribution < 1.29 is 19.1 Å². The van der Waals surface area contributed by atoms with Crippen LogP contribution in [0.2, 0.25) is 0 Å². The van der Waals surface area contributed by atoms with Gasteiger partial charge in [0.25, 0.3) is 0 Å². The van der Waals surface area contributed by atoms with E-state index in [9.17, 15) is 14.4 Å². The van der Waals surface area contributed by atoms with Gasteiger partial charge in [-0.25, -0.2) is 4.79 Å². The summed E-state index contributed by atoms with van der Waals surface area (Å²) < 4.78 is 4.74. The van der Waals surface area contributed by atoms with Crippen molar-refractivity contribution >= 4 is 17.9 Å². The summed E-state index contributed by atoms with van der Waals surface area (Å²) in [5.41, 5.74) is 4.93. The maximum absolute atomic E-state index is 11.8. The van der Waals surface area contributed by atoms with E-state index in [1.807, 2.05) is 13.8 Å². The van der Waals surface area contributed by atoms with Crippen molar-refractivity contribution in [2.45, 2.75) is 26.3 Å². The smallest absolute Gasteiger partial charge is 0.408 e. The lowest BCUT2D eigenvalue weighted by Crippen LogP contribution is -2.49. The van der Waals surface area contributed by atoms with Gasteiger partial charge in [0.2, 0.25) is 11.8 Å². The molecular formula is C12H21N3O4. The highest BCUT2D eigenvalue weighted by Crippen LogP contribution is 2.05. The van der Waals surface area contributed by atoms with Crippen molar-refractivity contribution in [3.8, 4) is 0 Å². The lowest BCUT2D eigenvalue weighted by Gasteiger charge is -2.19. The molecule has 0 aliphatic carbocycles. The third kappa shape index (κ3) is 8.64. The minimum absolute atomic E-state index is 0.0587. The second-order valence-electron chi connectivity index (χ2n) is 4.40. The summed E-state index contributed by atoms with van der Waals surface area (Å²) in [4.78, 5) is 33.8. The second kappa shape index (κ2) is 8.96. The van der Waals surface area contributed by atoms with E-state index in [1.54, 1.807) is 0 Å². The van der Waals surface area contributed by atoms with Crippen molar-refractivity contribution in [1.29, 1.82) is 0 Å². The van der Waals surface area contributed by atoms with Crippen molar-refractivity contribution in [3.05, 3.63) is 12.7 Å². The van der Waals surface area contributed by atoms with E-state index < -0.39 is 23.9 Å². The summed E-state index contributed by atoms with van der Waals surface area (Å²) in [7, 11) is 0. The number of rotatable bonds is 8. The fourth-order valence-corrected chi connectivity index (χ4v) is 1.32. The van der Waals surface area contributed by atoms with Crippen LogP contribution in [0, 0.1) is 5.92 Å². The maximum Gasteiger partial charge on any atom is 0.408 e. The Kier molecular flexibility index (Phi) is 7.99. The molecule has 19 heavy (non-hydrogen) atoms. The zero-order valence-electron chi connectivity index (χ0n) is 11.3. The molecule has 0 aromatic rings. The molecule has 0 unspecified atom stereocenters. The fraction of sp³-hybridized carbons (Fsp3) is 0.583. The molecule has 7 nitrogen and oxygen atoms in total. The van der Waals surface area contributed by atoms with E-state index in [1.165, 1.54) is 6.08 Å². The molecule has 0 saturated carbocycles. The third-order valence-electron chi connectivity index (χ3n) is 2.08. The minimum Gasteiger partial charge on any atom is -0.445 e. The molecule has 0 aromatic heterocycles. The van der Waals surface area contributed by atoms with Crippen LogP contribution >= 0.6 is 0 Å². The SMILES string of the molecule is C=CCOC(=O)N[C@@H](CC(C)C)C(=O)NCC(N)=O. The van der Waals surface area contributed by atoms with Crippen LogP contribution in [-0.2, 0) is 14.3 Å². The molecule has 0 aliphatic rings. The Morgan fingerprint density at radius 2 is 2.00 bits per heavy atom. The third-order valence-corrected chi connectivity index (χ3v) is 2.08. The number of primary amides is 1. The van der Waals surface area contributed by atoms with Gasteiger partial charge in [0.15, 0.2) is 0 Å². The van der Waals surface area contributed by atoms with Gasteiger partial charge < -0.3 is 21.1 Å². The Morgan fingerprint density at radius 3 is 2.47 bits per heavy atom. The van der Waals surface area contributed by atoms with Crippen LogP contribution in [0.5, 0.6) is 0 Å². The van der Waals surface area contributed by atoms with Crippen molar-refractivity contribution in [2.24, 2.45) is 11.7 Å². The summed E-state index contributed by atoms with van der Waals surface area (Å²) in [5, 5.41) is 4.78. The molecule has 0 fully saturated rings. The molecule has 0 heterocycles. The first-order chi connectivity index (χ1) is 8.86. The Labute approximate surface area is 112 Å². The van der Waals surface area contributed by atoms with E-state index in [2.05, 4.69) is 17.2 Å². The van der Waals surface area contributed by atoms with Crippen LogP contribution in [-0.4, -0.2) is 37.1 Å². The lowest BCUT2D eigenvalue weighted by atomic mass is 10.0. The number of hydrogen-bond acceptors (Lipinski definition) is 4. The maximum atomic E-state index is 11.8. The first-order valence-corrected chi connectivity index (χ1v) is 5.97. The van der Waals surface area contributed by atoms with Gasteiger partial charge in [0.05, 0.1) is 6.54 Å². The summed E-state index contributed by atoms with van der Waals surface area (Å²) in [6.07, 6.45) is 1.14. The highest BCUT2D eigenvalue weighted by molar-refractivity contribution is 5.88. The lowest BCUT2D eigenvalue weighted by molar-refractivity contribution is -0.126. The number of carbonyl (C=O) groups excluding carboxylic acids is 3. The standard InChI is InChI=1S/C12H21N3O4/c1-4-5-19-12(18)15-9(6-8(2)3)11(17)14-7-10(13)16/h4,8-9H,1,5-7H2,2-3H3,(H2,13,16)(H,14,17)(H,15,18)/t9-/m0/s1. The molecule has 7 heteroatoms. The van der Waals surface area contributed by atoms with E-state index >= 15 is 0 Å². The van der Waals surface area contributed by atoms with Crippen molar-refractivity contribution in [2.75, 3.05) is 13.2 Å². The quantitative estimate of drug-likeness (QED) is 0.536. The monoisotopic (exact) mass is 271 g/mol. The van der Waals surface area contributed by atoms with Crippen LogP contribution in [0.1, 0.15) is 20.3 Å². The Morgan fingerprint density at radius 1 is 1.37 bits per heavy atom. The van der Waals surface area contributed by atoms with Gasteiger partial charge >= 0.3 is 6.09 Å². The Balaban J connectivity index is 4.43. The molecule has 0 bridgehead atoms. The zero-order chi connectivity index (χ0) is 14.8. The van der Waals surface area contributed by atoms with Gasteiger partial charge in [-0.2, -0.15) is 0 Å². The van der Waals surface area contributed by atoms with Gasteiger partial charge in [-0.15, -0.1) is 0 Å². The average molecular weight is 271 g/mol. The van der Waals surface area contributed by atoms with Crippen LogP contribution < -0.4 is 16.4 Å². The zero-order valence-corrected chi connectivity index (χ0v) is 11.3. The molecule has 0 spiro atoms. The number of amides is 3. The molecule has 0 radical (unpaired) electrons. The normalized spacial score (nSPS) is 11.5. The number of carbonyl (C=O) groups is 3. The van der Waals surface area contributed by atoms with E-state index in [0.29, 0.717) is 6.42 Å².